The zero-order valence-corrected chi connectivity index (χ0v) is 18.5. The second kappa shape index (κ2) is 8.53. The average Bonchev–Trinajstić information content (AvgIpc) is 3.48. The van der Waals surface area contributed by atoms with E-state index in [-0.39, 0.29) is 0 Å². The molecule has 10 nitrogen and oxygen atoms in total. The Morgan fingerprint density at radius 2 is 1.94 bits per heavy atom. The Labute approximate surface area is 190 Å². The summed E-state index contributed by atoms with van der Waals surface area (Å²) in [7, 11) is 0. The Hall–Kier alpha value is -3.95. The first-order valence-corrected chi connectivity index (χ1v) is 10.5. The molecule has 2 aliphatic rings. The highest BCUT2D eigenvalue weighted by molar-refractivity contribution is 6.08. The lowest BCUT2D eigenvalue weighted by Gasteiger charge is -2.20. The molecule has 4 amide bonds. The van der Waals surface area contributed by atoms with Crippen LogP contribution in [0.3, 0.4) is 0 Å². The molecule has 3 heterocycles. The van der Waals surface area contributed by atoms with Crippen molar-refractivity contribution in [2.75, 3.05) is 13.2 Å². The third-order valence-corrected chi connectivity index (χ3v) is 5.51. The molecule has 1 N–H and O–H groups in total. The van der Waals surface area contributed by atoms with E-state index in [2.05, 4.69) is 10.4 Å². The summed E-state index contributed by atoms with van der Waals surface area (Å²) < 4.78 is 10.6. The Morgan fingerprint density at radius 1 is 1.21 bits per heavy atom. The first kappa shape index (κ1) is 22.3. The van der Waals surface area contributed by atoms with E-state index in [1.807, 2.05) is 31.2 Å². The lowest BCUT2D eigenvalue weighted by Crippen LogP contribution is -2.41. The van der Waals surface area contributed by atoms with Crippen molar-refractivity contribution >= 4 is 29.5 Å². The fraction of sp³-hybridized carbons (Fsp3) is 0.348. The standard InChI is InChI=1S/C23H24N4O6/c1-14-6-8-15(9-7-14)16-11-17(18-5-4-10-32-18)27(25-16)19(28)13-33-20(29)12-26-21(30)23(2,3)24-22(26)31/h4-10,17H,11-13H2,1-3H3,(H,24,31). The van der Waals surface area contributed by atoms with E-state index in [1.54, 1.807) is 12.1 Å². The van der Waals surface area contributed by atoms with Gasteiger partial charge >= 0.3 is 12.0 Å². The summed E-state index contributed by atoms with van der Waals surface area (Å²) >= 11 is 0. The molecule has 1 aromatic carbocycles. The lowest BCUT2D eigenvalue weighted by atomic mass is 10.0. The van der Waals surface area contributed by atoms with Gasteiger partial charge in [0.25, 0.3) is 11.8 Å². The molecule has 2 aliphatic heterocycles. The number of ether oxygens (including phenoxy) is 1. The molecular formula is C23H24N4O6. The molecule has 10 heteroatoms. The van der Waals surface area contributed by atoms with Gasteiger partial charge in [-0.1, -0.05) is 29.8 Å². The first-order chi connectivity index (χ1) is 15.7. The van der Waals surface area contributed by atoms with Gasteiger partial charge in [-0.15, -0.1) is 0 Å². The minimum absolute atomic E-state index is 0.438. The molecule has 1 saturated heterocycles. The van der Waals surface area contributed by atoms with E-state index in [9.17, 15) is 19.2 Å². The molecule has 2 aromatic rings. The zero-order valence-electron chi connectivity index (χ0n) is 18.5. The maximum absolute atomic E-state index is 12.9. The molecule has 0 radical (unpaired) electrons. The molecule has 1 atom stereocenters. The van der Waals surface area contributed by atoms with Crippen molar-refractivity contribution in [3.05, 3.63) is 59.5 Å². The van der Waals surface area contributed by atoms with Gasteiger partial charge < -0.3 is 14.5 Å². The summed E-state index contributed by atoms with van der Waals surface area (Å²) in [6.07, 6.45) is 1.95. The highest BCUT2D eigenvalue weighted by Crippen LogP contribution is 2.33. The van der Waals surface area contributed by atoms with Gasteiger partial charge in [-0.25, -0.2) is 9.80 Å². The number of hydrogen-bond acceptors (Lipinski definition) is 7. The van der Waals surface area contributed by atoms with Gasteiger partial charge in [0.1, 0.15) is 23.9 Å². The van der Waals surface area contributed by atoms with Crippen molar-refractivity contribution in [3.63, 3.8) is 0 Å². The van der Waals surface area contributed by atoms with Gasteiger partial charge in [-0.2, -0.15) is 5.10 Å². The second-order valence-electron chi connectivity index (χ2n) is 8.49. The molecule has 1 aromatic heterocycles. The number of carbonyl (C=O) groups is 4. The topological polar surface area (TPSA) is 122 Å². The lowest BCUT2D eigenvalue weighted by molar-refractivity contribution is -0.154. The summed E-state index contributed by atoms with van der Waals surface area (Å²) in [5.74, 6) is -1.41. The van der Waals surface area contributed by atoms with Gasteiger partial charge in [-0.3, -0.25) is 19.3 Å². The Kier molecular flexibility index (Phi) is 5.75. The number of furan rings is 1. The SMILES string of the molecule is Cc1ccc(C2=NN(C(=O)COC(=O)CN3C(=O)NC(C)(C)C3=O)C(c3ccco3)C2)cc1. The van der Waals surface area contributed by atoms with E-state index in [4.69, 9.17) is 9.15 Å². The fourth-order valence-electron chi connectivity index (χ4n) is 3.71. The third kappa shape index (κ3) is 4.50. The molecule has 33 heavy (non-hydrogen) atoms. The Bertz CT molecular complexity index is 1120. The second-order valence-corrected chi connectivity index (χ2v) is 8.49. The summed E-state index contributed by atoms with van der Waals surface area (Å²) in [6, 6.07) is 10.1. The van der Waals surface area contributed by atoms with Crippen LogP contribution in [0.5, 0.6) is 0 Å². The first-order valence-electron chi connectivity index (χ1n) is 10.5. The van der Waals surface area contributed by atoms with Gasteiger partial charge in [0.2, 0.25) is 0 Å². The third-order valence-electron chi connectivity index (χ3n) is 5.51. The van der Waals surface area contributed by atoms with E-state index in [0.29, 0.717) is 17.9 Å². The number of nitrogens with one attached hydrogen (secondary N) is 1. The number of hydrogen-bond donors (Lipinski definition) is 1. The average molecular weight is 452 g/mol. The van der Waals surface area contributed by atoms with E-state index >= 15 is 0 Å². The summed E-state index contributed by atoms with van der Waals surface area (Å²) in [5.41, 5.74) is 1.59. The van der Waals surface area contributed by atoms with Crippen LogP contribution in [0.4, 0.5) is 4.79 Å². The number of carbonyl (C=O) groups excluding carboxylic acids is 4. The van der Waals surface area contributed by atoms with Crippen molar-refractivity contribution < 1.29 is 28.3 Å². The molecule has 0 aliphatic carbocycles. The number of nitrogens with zero attached hydrogens (tertiary/aromatic N) is 3. The van der Waals surface area contributed by atoms with Crippen molar-refractivity contribution in [2.24, 2.45) is 5.10 Å². The monoisotopic (exact) mass is 452 g/mol. The number of urea groups is 1. The van der Waals surface area contributed by atoms with Crippen molar-refractivity contribution in [1.29, 1.82) is 0 Å². The van der Waals surface area contributed by atoms with Crippen molar-refractivity contribution in [2.45, 2.75) is 38.8 Å². The smallest absolute Gasteiger partial charge is 0.326 e. The molecular weight excluding hydrogens is 428 g/mol. The molecule has 172 valence electrons. The minimum atomic E-state index is -1.10. The predicted molar refractivity (Wildman–Crippen MR) is 116 cm³/mol. The normalized spacial score (nSPS) is 19.5. The van der Waals surface area contributed by atoms with Gasteiger partial charge in [0.05, 0.1) is 12.0 Å². The van der Waals surface area contributed by atoms with E-state index < -0.39 is 48.5 Å². The van der Waals surface area contributed by atoms with Crippen LogP contribution in [0, 0.1) is 6.92 Å². The van der Waals surface area contributed by atoms with E-state index in [0.717, 1.165) is 16.0 Å². The predicted octanol–water partition coefficient (Wildman–Crippen LogP) is 2.14. The molecule has 0 bridgehead atoms. The fourth-order valence-corrected chi connectivity index (χ4v) is 3.71. The largest absolute Gasteiger partial charge is 0.467 e. The van der Waals surface area contributed by atoms with Gasteiger partial charge in [-0.05, 0) is 38.5 Å². The number of rotatable bonds is 6. The number of amides is 4. The van der Waals surface area contributed by atoms with Crippen LogP contribution in [0.25, 0.3) is 0 Å². The van der Waals surface area contributed by atoms with Crippen LogP contribution in [0.15, 0.2) is 52.2 Å². The molecule has 0 spiro atoms. The maximum atomic E-state index is 12.9. The van der Waals surface area contributed by atoms with Crippen LogP contribution >= 0.6 is 0 Å². The maximum Gasteiger partial charge on any atom is 0.326 e. The van der Waals surface area contributed by atoms with Crippen molar-refractivity contribution in [1.82, 2.24) is 15.2 Å². The van der Waals surface area contributed by atoms with Crippen LogP contribution in [0.2, 0.25) is 0 Å². The number of aryl methyl sites for hydroxylation is 1. The molecule has 1 unspecified atom stereocenters. The molecule has 1 fully saturated rings. The highest BCUT2D eigenvalue weighted by Gasteiger charge is 2.45. The molecule has 0 saturated carbocycles. The van der Waals surface area contributed by atoms with Gasteiger partial charge in [0, 0.05) is 6.42 Å². The number of imide groups is 1. The van der Waals surface area contributed by atoms with Crippen LogP contribution in [-0.4, -0.2) is 58.1 Å². The van der Waals surface area contributed by atoms with E-state index in [1.165, 1.54) is 25.1 Å². The van der Waals surface area contributed by atoms with Crippen molar-refractivity contribution in [3.8, 4) is 0 Å². The van der Waals surface area contributed by atoms with Gasteiger partial charge in [0.15, 0.2) is 6.61 Å². The highest BCUT2D eigenvalue weighted by atomic mass is 16.5. The summed E-state index contributed by atoms with van der Waals surface area (Å²) in [4.78, 5) is 50.0. The summed E-state index contributed by atoms with van der Waals surface area (Å²) in [6.45, 7) is 3.88. The number of esters is 1. The van der Waals surface area contributed by atoms with Crippen LogP contribution in [0.1, 0.15) is 43.2 Å². The molecule has 4 rings (SSSR count). The number of benzene rings is 1. The minimum Gasteiger partial charge on any atom is -0.467 e. The Balaban J connectivity index is 1.43. The summed E-state index contributed by atoms with van der Waals surface area (Å²) in [5, 5.41) is 8.20. The quantitative estimate of drug-likeness (QED) is 0.529. The van der Waals surface area contributed by atoms with Crippen LogP contribution in [-0.2, 0) is 19.1 Å². The Morgan fingerprint density at radius 3 is 2.55 bits per heavy atom. The zero-order chi connectivity index (χ0) is 23.8. The van der Waals surface area contributed by atoms with Crippen LogP contribution < -0.4 is 5.32 Å². The number of hydrazone groups is 1.